The second-order valence-corrected chi connectivity index (χ2v) is 3.68. The van der Waals surface area contributed by atoms with Gasteiger partial charge in [-0.2, -0.15) is 0 Å². The Morgan fingerprint density at radius 2 is 2.27 bits per heavy atom. The number of nitrogens with two attached hydrogens (primary N) is 1. The summed E-state index contributed by atoms with van der Waals surface area (Å²) in [6, 6.07) is 1.65. The summed E-state index contributed by atoms with van der Waals surface area (Å²) in [6.07, 6.45) is -0.109. The van der Waals surface area contributed by atoms with Crippen molar-refractivity contribution in [2.24, 2.45) is 5.73 Å². The molecule has 1 rings (SSSR count). The van der Waals surface area contributed by atoms with Crippen LogP contribution in [0.25, 0.3) is 0 Å². The van der Waals surface area contributed by atoms with Gasteiger partial charge in [-0.25, -0.2) is 4.39 Å². The number of rotatable bonds is 3. The zero-order chi connectivity index (χ0) is 11.6. The van der Waals surface area contributed by atoms with Gasteiger partial charge in [-0.1, -0.05) is 17.7 Å². The number of carboxylic acids is 1. The van der Waals surface area contributed by atoms with Crippen molar-refractivity contribution in [3.63, 3.8) is 0 Å². The molecule has 82 valence electrons. The summed E-state index contributed by atoms with van der Waals surface area (Å²) in [4.78, 5) is 10.5. The highest BCUT2D eigenvalue weighted by molar-refractivity contribution is 6.32. The Morgan fingerprint density at radius 1 is 1.67 bits per heavy atom. The van der Waals surface area contributed by atoms with Crippen molar-refractivity contribution < 1.29 is 14.3 Å². The average molecular weight is 232 g/mol. The Labute approximate surface area is 91.7 Å². The maximum absolute atomic E-state index is 13.3. The number of carboxylic acid groups (broad SMARTS) is 1. The Kier molecular flexibility index (Phi) is 3.66. The highest BCUT2D eigenvalue weighted by Gasteiger charge is 2.17. The summed E-state index contributed by atoms with van der Waals surface area (Å²) in [7, 11) is 0. The molecule has 1 unspecified atom stereocenters. The van der Waals surface area contributed by atoms with Crippen LogP contribution in [0, 0.1) is 12.7 Å². The minimum Gasteiger partial charge on any atom is -0.480 e. The normalized spacial score (nSPS) is 12.5. The lowest BCUT2D eigenvalue weighted by Crippen LogP contribution is -2.32. The standard InChI is InChI=1S/C10H11ClFNO2/c1-5-2-3-7(12)6(9(5)11)4-8(13)10(14)15/h2-3,8H,4,13H2,1H3,(H,14,15). The highest BCUT2D eigenvalue weighted by Crippen LogP contribution is 2.24. The molecule has 0 spiro atoms. The first kappa shape index (κ1) is 11.9. The quantitative estimate of drug-likeness (QED) is 0.833. The number of hydrogen-bond donors (Lipinski definition) is 2. The molecule has 5 heteroatoms. The van der Waals surface area contributed by atoms with Crippen molar-refractivity contribution >= 4 is 17.6 Å². The molecule has 0 radical (unpaired) electrons. The van der Waals surface area contributed by atoms with Crippen LogP contribution in [0.2, 0.25) is 5.02 Å². The lowest BCUT2D eigenvalue weighted by atomic mass is 10.0. The Hall–Kier alpha value is -1.13. The first-order chi connectivity index (χ1) is 6.93. The molecule has 0 aliphatic heterocycles. The molecule has 1 aromatic rings. The Bertz CT molecular complexity index is 395. The van der Waals surface area contributed by atoms with Crippen LogP contribution in [0.1, 0.15) is 11.1 Å². The van der Waals surface area contributed by atoms with Crippen LogP contribution in [0.15, 0.2) is 12.1 Å². The second-order valence-electron chi connectivity index (χ2n) is 3.31. The second kappa shape index (κ2) is 4.59. The van der Waals surface area contributed by atoms with Crippen molar-refractivity contribution in [3.05, 3.63) is 34.1 Å². The predicted molar refractivity (Wildman–Crippen MR) is 55.5 cm³/mol. The fourth-order valence-electron chi connectivity index (χ4n) is 1.21. The molecular formula is C10H11ClFNO2. The molecule has 0 aliphatic rings. The maximum Gasteiger partial charge on any atom is 0.320 e. The van der Waals surface area contributed by atoms with Gasteiger partial charge in [0.1, 0.15) is 11.9 Å². The SMILES string of the molecule is Cc1ccc(F)c(CC(N)C(=O)O)c1Cl. The number of halogens is 2. The van der Waals surface area contributed by atoms with Crippen LogP contribution in [-0.2, 0) is 11.2 Å². The highest BCUT2D eigenvalue weighted by atomic mass is 35.5. The number of aryl methyl sites for hydroxylation is 1. The summed E-state index contributed by atoms with van der Waals surface area (Å²) in [6.45, 7) is 1.72. The first-order valence-electron chi connectivity index (χ1n) is 4.35. The molecule has 0 bridgehead atoms. The van der Waals surface area contributed by atoms with E-state index in [-0.39, 0.29) is 17.0 Å². The monoisotopic (exact) mass is 231 g/mol. The summed E-state index contributed by atoms with van der Waals surface area (Å²) in [5.74, 6) is -1.70. The largest absolute Gasteiger partial charge is 0.480 e. The minimum atomic E-state index is -1.17. The molecule has 1 atom stereocenters. The number of benzene rings is 1. The molecule has 0 amide bonds. The average Bonchev–Trinajstić information content (AvgIpc) is 2.18. The molecule has 0 aliphatic carbocycles. The fraction of sp³-hybridized carbons (Fsp3) is 0.300. The van der Waals surface area contributed by atoms with Gasteiger partial charge < -0.3 is 10.8 Å². The van der Waals surface area contributed by atoms with Crippen molar-refractivity contribution in [1.29, 1.82) is 0 Å². The minimum absolute atomic E-state index is 0.109. The van der Waals surface area contributed by atoms with Crippen molar-refractivity contribution in [2.45, 2.75) is 19.4 Å². The summed E-state index contributed by atoms with van der Waals surface area (Å²) in [5, 5.41) is 8.85. The van der Waals surface area contributed by atoms with Gasteiger partial charge in [-0.3, -0.25) is 4.79 Å². The van der Waals surface area contributed by atoms with Gasteiger partial charge in [0.05, 0.1) is 0 Å². The fourth-order valence-corrected chi connectivity index (χ4v) is 1.44. The van der Waals surface area contributed by atoms with E-state index >= 15 is 0 Å². The molecule has 3 nitrogen and oxygen atoms in total. The number of aliphatic carboxylic acids is 1. The van der Waals surface area contributed by atoms with Crippen LogP contribution < -0.4 is 5.73 Å². The van der Waals surface area contributed by atoms with Crippen molar-refractivity contribution in [2.75, 3.05) is 0 Å². The lowest BCUT2D eigenvalue weighted by molar-refractivity contribution is -0.138. The van der Waals surface area contributed by atoms with Crippen LogP contribution >= 0.6 is 11.6 Å². The Morgan fingerprint density at radius 3 is 2.80 bits per heavy atom. The van der Waals surface area contributed by atoms with Crippen LogP contribution in [0.5, 0.6) is 0 Å². The van der Waals surface area contributed by atoms with Crippen LogP contribution in [0.3, 0.4) is 0 Å². The van der Waals surface area contributed by atoms with E-state index in [4.69, 9.17) is 22.4 Å². The van der Waals surface area contributed by atoms with E-state index in [1.807, 2.05) is 0 Å². The topological polar surface area (TPSA) is 63.3 Å². The van der Waals surface area contributed by atoms with E-state index in [0.717, 1.165) is 0 Å². The molecule has 3 N–H and O–H groups in total. The van der Waals surface area contributed by atoms with E-state index < -0.39 is 17.8 Å². The summed E-state index contributed by atoms with van der Waals surface area (Å²) >= 11 is 5.86. The van der Waals surface area contributed by atoms with Crippen molar-refractivity contribution in [3.8, 4) is 0 Å². The molecular weight excluding hydrogens is 221 g/mol. The molecule has 0 aromatic heterocycles. The maximum atomic E-state index is 13.3. The molecule has 0 fully saturated rings. The van der Waals surface area contributed by atoms with E-state index in [9.17, 15) is 9.18 Å². The Balaban J connectivity index is 3.03. The third-order valence-corrected chi connectivity index (χ3v) is 2.65. The van der Waals surface area contributed by atoms with E-state index in [1.54, 1.807) is 6.92 Å². The third kappa shape index (κ3) is 2.67. The van der Waals surface area contributed by atoms with E-state index in [0.29, 0.717) is 5.56 Å². The smallest absolute Gasteiger partial charge is 0.320 e. The molecule has 0 saturated heterocycles. The van der Waals surface area contributed by atoms with Gasteiger partial charge in [0, 0.05) is 17.0 Å². The summed E-state index contributed by atoms with van der Waals surface area (Å²) < 4.78 is 13.3. The van der Waals surface area contributed by atoms with Gasteiger partial charge in [-0.05, 0) is 18.6 Å². The first-order valence-corrected chi connectivity index (χ1v) is 4.73. The zero-order valence-electron chi connectivity index (χ0n) is 8.13. The van der Waals surface area contributed by atoms with Crippen molar-refractivity contribution in [1.82, 2.24) is 0 Å². The molecule has 0 heterocycles. The van der Waals surface area contributed by atoms with Gasteiger partial charge in [0.15, 0.2) is 0 Å². The summed E-state index contributed by atoms with van der Waals surface area (Å²) in [5.41, 5.74) is 6.17. The predicted octanol–water partition coefficient (Wildman–Crippen LogP) is 1.74. The van der Waals surface area contributed by atoms with Gasteiger partial charge in [0.25, 0.3) is 0 Å². The molecule has 1 aromatic carbocycles. The van der Waals surface area contributed by atoms with E-state index in [1.165, 1.54) is 12.1 Å². The van der Waals surface area contributed by atoms with Crippen LogP contribution in [-0.4, -0.2) is 17.1 Å². The number of carbonyl (C=O) groups is 1. The van der Waals surface area contributed by atoms with Gasteiger partial charge in [0.2, 0.25) is 0 Å². The third-order valence-electron chi connectivity index (χ3n) is 2.12. The van der Waals surface area contributed by atoms with Gasteiger partial charge in [-0.15, -0.1) is 0 Å². The zero-order valence-corrected chi connectivity index (χ0v) is 8.88. The van der Waals surface area contributed by atoms with Gasteiger partial charge >= 0.3 is 5.97 Å². The number of hydrogen-bond acceptors (Lipinski definition) is 2. The molecule has 15 heavy (non-hydrogen) atoms. The van der Waals surface area contributed by atoms with E-state index in [2.05, 4.69) is 0 Å². The van der Waals surface area contributed by atoms with Crippen LogP contribution in [0.4, 0.5) is 4.39 Å². The lowest BCUT2D eigenvalue weighted by Gasteiger charge is -2.10. The molecule has 0 saturated carbocycles.